The Hall–Kier alpha value is -1.55. The molecule has 1 amide bonds. The van der Waals surface area contributed by atoms with Gasteiger partial charge in [-0.3, -0.25) is 4.79 Å². The van der Waals surface area contributed by atoms with Crippen molar-refractivity contribution in [3.05, 3.63) is 29.3 Å². The number of rotatable bonds is 4. The van der Waals surface area contributed by atoms with E-state index >= 15 is 0 Å². The monoisotopic (exact) mass is 208 g/mol. The molecule has 1 rings (SSSR count). The number of nitrogens with two attached hydrogens (primary N) is 2. The molecule has 82 valence electrons. The Morgan fingerprint density at radius 2 is 2.20 bits per heavy atom. The molecule has 0 aromatic heterocycles. The van der Waals surface area contributed by atoms with Crippen LogP contribution in [0.2, 0.25) is 0 Å². The molecule has 4 N–H and O–H groups in total. The molecule has 4 heteroatoms. The lowest BCUT2D eigenvalue weighted by molar-refractivity contribution is -0.119. The number of ether oxygens (including phenoxy) is 1. The van der Waals surface area contributed by atoms with E-state index in [-0.39, 0.29) is 12.6 Å². The summed E-state index contributed by atoms with van der Waals surface area (Å²) in [6, 6.07) is 5.57. The van der Waals surface area contributed by atoms with Gasteiger partial charge in [0.15, 0.2) is 6.61 Å². The average Bonchev–Trinajstić information content (AvgIpc) is 2.14. The quantitative estimate of drug-likeness (QED) is 0.771. The summed E-state index contributed by atoms with van der Waals surface area (Å²) in [7, 11) is 0. The zero-order chi connectivity index (χ0) is 11.4. The maximum Gasteiger partial charge on any atom is 0.255 e. The zero-order valence-electron chi connectivity index (χ0n) is 8.99. The van der Waals surface area contributed by atoms with Crippen LogP contribution in [0, 0.1) is 6.92 Å². The molecule has 0 saturated carbocycles. The first-order chi connectivity index (χ1) is 7.00. The smallest absolute Gasteiger partial charge is 0.255 e. The molecule has 0 unspecified atom stereocenters. The standard InChI is InChI=1S/C11H16N2O2/c1-7-3-4-9(8(2)12)10(5-7)15-6-11(13)14/h3-5,8H,6,12H2,1-2H3,(H2,13,14)/t8-/m1/s1. The van der Waals surface area contributed by atoms with Gasteiger partial charge < -0.3 is 16.2 Å². The summed E-state index contributed by atoms with van der Waals surface area (Å²) < 4.78 is 5.29. The molecule has 0 radical (unpaired) electrons. The highest BCUT2D eigenvalue weighted by Crippen LogP contribution is 2.24. The van der Waals surface area contributed by atoms with Gasteiger partial charge in [-0.2, -0.15) is 0 Å². The molecule has 0 saturated heterocycles. The SMILES string of the molecule is Cc1ccc([C@@H](C)N)c(OCC(N)=O)c1. The van der Waals surface area contributed by atoms with Crippen LogP contribution in [0.15, 0.2) is 18.2 Å². The summed E-state index contributed by atoms with van der Waals surface area (Å²) in [5.74, 6) is 0.135. The predicted octanol–water partition coefficient (Wildman–Crippen LogP) is 0.879. The van der Waals surface area contributed by atoms with Gasteiger partial charge >= 0.3 is 0 Å². The Labute approximate surface area is 89.2 Å². The van der Waals surface area contributed by atoms with E-state index in [2.05, 4.69) is 0 Å². The molecule has 0 fully saturated rings. The fourth-order valence-corrected chi connectivity index (χ4v) is 1.29. The van der Waals surface area contributed by atoms with Crippen LogP contribution in [-0.4, -0.2) is 12.5 Å². The Morgan fingerprint density at radius 1 is 1.53 bits per heavy atom. The lowest BCUT2D eigenvalue weighted by Crippen LogP contribution is -2.21. The minimum Gasteiger partial charge on any atom is -0.483 e. The number of benzene rings is 1. The molecule has 0 heterocycles. The summed E-state index contributed by atoms with van der Waals surface area (Å²) in [4.78, 5) is 10.6. The molecule has 1 aromatic rings. The predicted molar refractivity (Wildman–Crippen MR) is 58.5 cm³/mol. The van der Waals surface area contributed by atoms with Crippen molar-refractivity contribution in [2.45, 2.75) is 19.9 Å². The van der Waals surface area contributed by atoms with E-state index in [0.717, 1.165) is 11.1 Å². The van der Waals surface area contributed by atoms with Crippen LogP contribution in [0.5, 0.6) is 5.75 Å². The molecule has 1 aromatic carbocycles. The third-order valence-electron chi connectivity index (χ3n) is 2.03. The third kappa shape index (κ3) is 3.25. The summed E-state index contributed by atoms with van der Waals surface area (Å²) in [6.45, 7) is 3.69. The van der Waals surface area contributed by atoms with E-state index in [4.69, 9.17) is 16.2 Å². The van der Waals surface area contributed by atoms with Crippen molar-refractivity contribution in [1.82, 2.24) is 0 Å². The summed E-state index contributed by atoms with van der Waals surface area (Å²) in [6.07, 6.45) is 0. The molecule has 0 aliphatic carbocycles. The van der Waals surface area contributed by atoms with Gasteiger partial charge in [0.1, 0.15) is 5.75 Å². The van der Waals surface area contributed by atoms with Crippen molar-refractivity contribution in [2.24, 2.45) is 11.5 Å². The van der Waals surface area contributed by atoms with E-state index in [1.54, 1.807) is 0 Å². The molecule has 15 heavy (non-hydrogen) atoms. The maximum absolute atomic E-state index is 10.6. The molecule has 0 spiro atoms. The van der Waals surface area contributed by atoms with Crippen LogP contribution in [0.4, 0.5) is 0 Å². The Bertz CT molecular complexity index is 362. The number of carbonyl (C=O) groups excluding carboxylic acids is 1. The van der Waals surface area contributed by atoms with E-state index in [9.17, 15) is 4.79 Å². The second-order valence-electron chi connectivity index (χ2n) is 3.58. The lowest BCUT2D eigenvalue weighted by atomic mass is 10.1. The molecule has 0 aliphatic rings. The number of hydrogen-bond donors (Lipinski definition) is 2. The topological polar surface area (TPSA) is 78.3 Å². The van der Waals surface area contributed by atoms with Crippen LogP contribution in [-0.2, 0) is 4.79 Å². The van der Waals surface area contributed by atoms with Crippen molar-refractivity contribution in [1.29, 1.82) is 0 Å². The van der Waals surface area contributed by atoms with Crippen LogP contribution < -0.4 is 16.2 Å². The number of primary amides is 1. The van der Waals surface area contributed by atoms with Gasteiger partial charge in [0.05, 0.1) is 0 Å². The molecule has 4 nitrogen and oxygen atoms in total. The molecular formula is C11H16N2O2. The Kier molecular flexibility index (Phi) is 3.68. The van der Waals surface area contributed by atoms with Gasteiger partial charge in [0.25, 0.3) is 5.91 Å². The minimum absolute atomic E-state index is 0.122. The van der Waals surface area contributed by atoms with Crippen LogP contribution in [0.25, 0.3) is 0 Å². The second kappa shape index (κ2) is 4.79. The van der Waals surface area contributed by atoms with Crippen LogP contribution >= 0.6 is 0 Å². The fraction of sp³-hybridized carbons (Fsp3) is 0.364. The number of carbonyl (C=O) groups is 1. The van der Waals surface area contributed by atoms with Crippen LogP contribution in [0.1, 0.15) is 24.1 Å². The van der Waals surface area contributed by atoms with Gasteiger partial charge in [0.2, 0.25) is 0 Å². The Morgan fingerprint density at radius 3 is 2.73 bits per heavy atom. The first-order valence-corrected chi connectivity index (χ1v) is 4.78. The minimum atomic E-state index is -0.493. The average molecular weight is 208 g/mol. The van der Waals surface area contributed by atoms with Gasteiger partial charge in [-0.15, -0.1) is 0 Å². The molecule has 1 atom stereocenters. The number of hydrogen-bond acceptors (Lipinski definition) is 3. The molecule has 0 aliphatic heterocycles. The molecule has 0 bridgehead atoms. The van der Waals surface area contributed by atoms with Gasteiger partial charge in [0, 0.05) is 11.6 Å². The summed E-state index contributed by atoms with van der Waals surface area (Å²) in [5.41, 5.74) is 12.7. The van der Waals surface area contributed by atoms with Crippen molar-refractivity contribution in [2.75, 3.05) is 6.61 Å². The second-order valence-corrected chi connectivity index (χ2v) is 3.58. The zero-order valence-corrected chi connectivity index (χ0v) is 8.99. The van der Waals surface area contributed by atoms with E-state index in [0.29, 0.717) is 5.75 Å². The van der Waals surface area contributed by atoms with Crippen molar-refractivity contribution in [3.8, 4) is 5.75 Å². The lowest BCUT2D eigenvalue weighted by Gasteiger charge is -2.13. The van der Waals surface area contributed by atoms with E-state index < -0.39 is 5.91 Å². The maximum atomic E-state index is 10.6. The third-order valence-corrected chi connectivity index (χ3v) is 2.03. The van der Waals surface area contributed by atoms with E-state index in [1.165, 1.54) is 0 Å². The van der Waals surface area contributed by atoms with Crippen LogP contribution in [0.3, 0.4) is 0 Å². The normalized spacial score (nSPS) is 12.2. The number of amides is 1. The first-order valence-electron chi connectivity index (χ1n) is 4.78. The first kappa shape index (κ1) is 11.5. The van der Waals surface area contributed by atoms with Gasteiger partial charge in [-0.1, -0.05) is 12.1 Å². The number of aryl methyl sites for hydroxylation is 1. The Balaban J connectivity index is 2.91. The van der Waals surface area contributed by atoms with Crippen molar-refractivity contribution in [3.63, 3.8) is 0 Å². The highest BCUT2D eigenvalue weighted by Gasteiger charge is 2.08. The van der Waals surface area contributed by atoms with Gasteiger partial charge in [-0.05, 0) is 25.5 Å². The molecular weight excluding hydrogens is 192 g/mol. The summed E-state index contributed by atoms with van der Waals surface area (Å²) in [5, 5.41) is 0. The van der Waals surface area contributed by atoms with Crippen molar-refractivity contribution < 1.29 is 9.53 Å². The highest BCUT2D eigenvalue weighted by molar-refractivity contribution is 5.75. The van der Waals surface area contributed by atoms with Gasteiger partial charge in [-0.25, -0.2) is 0 Å². The summed E-state index contributed by atoms with van der Waals surface area (Å²) >= 11 is 0. The van der Waals surface area contributed by atoms with Crippen molar-refractivity contribution >= 4 is 5.91 Å². The fourth-order valence-electron chi connectivity index (χ4n) is 1.29. The highest BCUT2D eigenvalue weighted by atomic mass is 16.5. The largest absolute Gasteiger partial charge is 0.483 e. The van der Waals surface area contributed by atoms with E-state index in [1.807, 2.05) is 32.0 Å².